The zero-order chi connectivity index (χ0) is 16.6. The highest BCUT2D eigenvalue weighted by molar-refractivity contribution is 7.89. The van der Waals surface area contributed by atoms with E-state index in [2.05, 4.69) is 5.32 Å². The molecule has 1 aromatic carbocycles. The van der Waals surface area contributed by atoms with Gasteiger partial charge >= 0.3 is 0 Å². The van der Waals surface area contributed by atoms with E-state index in [1.807, 2.05) is 6.92 Å². The summed E-state index contributed by atoms with van der Waals surface area (Å²) in [5.41, 5.74) is 0.823. The molecule has 2 aliphatic heterocycles. The van der Waals surface area contributed by atoms with Crippen LogP contribution < -0.4 is 14.8 Å². The molecule has 1 aromatic rings. The van der Waals surface area contributed by atoms with Gasteiger partial charge < -0.3 is 19.5 Å². The van der Waals surface area contributed by atoms with Gasteiger partial charge in [0.1, 0.15) is 16.4 Å². The number of ether oxygens (including phenoxy) is 3. The molecule has 0 amide bonds. The van der Waals surface area contributed by atoms with E-state index in [0.29, 0.717) is 31.2 Å². The van der Waals surface area contributed by atoms with Crippen molar-refractivity contribution in [3.8, 4) is 11.5 Å². The van der Waals surface area contributed by atoms with Crippen LogP contribution in [0, 0.1) is 6.92 Å². The highest BCUT2D eigenvalue weighted by Gasteiger charge is 2.42. The maximum Gasteiger partial charge on any atom is 0.247 e. The SMILES string of the molecule is COc1cc(S(=O)(=O)N2C[C@@H]3NCCO[C@H]3C2)c(OC)cc1C.Cl. The van der Waals surface area contributed by atoms with Gasteiger partial charge in [-0.3, -0.25) is 0 Å². The molecule has 0 unspecified atom stereocenters. The van der Waals surface area contributed by atoms with Gasteiger partial charge in [0.2, 0.25) is 10.0 Å². The highest BCUT2D eigenvalue weighted by atomic mass is 35.5. The molecule has 3 rings (SSSR count). The van der Waals surface area contributed by atoms with Crippen molar-refractivity contribution in [2.24, 2.45) is 0 Å². The van der Waals surface area contributed by atoms with E-state index in [0.717, 1.165) is 12.1 Å². The van der Waals surface area contributed by atoms with Crippen molar-refractivity contribution in [2.45, 2.75) is 24.0 Å². The number of morpholine rings is 1. The third kappa shape index (κ3) is 3.34. The normalized spacial score (nSPS) is 24.1. The average molecular weight is 379 g/mol. The molecule has 136 valence electrons. The van der Waals surface area contributed by atoms with Gasteiger partial charge in [-0.15, -0.1) is 12.4 Å². The summed E-state index contributed by atoms with van der Waals surface area (Å²) in [5.74, 6) is 0.849. The first-order valence-corrected chi connectivity index (χ1v) is 8.99. The number of sulfonamides is 1. The Hall–Kier alpha value is -1.06. The summed E-state index contributed by atoms with van der Waals surface area (Å²) in [7, 11) is -0.693. The summed E-state index contributed by atoms with van der Waals surface area (Å²) in [6.07, 6.45) is -0.100. The van der Waals surface area contributed by atoms with Gasteiger partial charge in [0, 0.05) is 31.7 Å². The van der Waals surface area contributed by atoms with Crippen LogP contribution in [0.1, 0.15) is 5.56 Å². The van der Waals surface area contributed by atoms with Gasteiger partial charge in [0.25, 0.3) is 0 Å². The van der Waals surface area contributed by atoms with E-state index in [1.165, 1.54) is 24.6 Å². The lowest BCUT2D eigenvalue weighted by Gasteiger charge is -2.25. The Kier molecular flexibility index (Phi) is 5.98. The summed E-state index contributed by atoms with van der Waals surface area (Å²) in [4.78, 5) is 0.126. The zero-order valence-electron chi connectivity index (χ0n) is 13.9. The Morgan fingerprint density at radius 1 is 1.21 bits per heavy atom. The molecular weight excluding hydrogens is 356 g/mol. The highest BCUT2D eigenvalue weighted by Crippen LogP contribution is 2.35. The Morgan fingerprint density at radius 2 is 1.92 bits per heavy atom. The minimum Gasteiger partial charge on any atom is -0.496 e. The molecule has 0 aromatic heterocycles. The van der Waals surface area contributed by atoms with E-state index in [9.17, 15) is 8.42 Å². The first-order chi connectivity index (χ1) is 11.0. The third-order valence-corrected chi connectivity index (χ3v) is 6.22. The van der Waals surface area contributed by atoms with Crippen LogP contribution in [-0.4, -0.2) is 65.3 Å². The van der Waals surface area contributed by atoms with Gasteiger partial charge in [0.15, 0.2) is 0 Å². The van der Waals surface area contributed by atoms with Crippen molar-refractivity contribution in [3.05, 3.63) is 17.7 Å². The Bertz CT molecular complexity index is 683. The van der Waals surface area contributed by atoms with Crippen molar-refractivity contribution in [3.63, 3.8) is 0 Å². The van der Waals surface area contributed by atoms with E-state index in [1.54, 1.807) is 6.07 Å². The summed E-state index contributed by atoms with van der Waals surface area (Å²) < 4.78 is 43.7. The fraction of sp³-hybridized carbons (Fsp3) is 0.600. The predicted molar refractivity (Wildman–Crippen MR) is 91.8 cm³/mol. The smallest absolute Gasteiger partial charge is 0.247 e. The van der Waals surface area contributed by atoms with E-state index in [4.69, 9.17) is 14.2 Å². The van der Waals surface area contributed by atoms with E-state index in [-0.39, 0.29) is 29.4 Å². The lowest BCUT2D eigenvalue weighted by Crippen LogP contribution is -2.47. The molecule has 2 atom stereocenters. The van der Waals surface area contributed by atoms with Crippen LogP contribution in [-0.2, 0) is 14.8 Å². The molecule has 7 nitrogen and oxygen atoms in total. The summed E-state index contributed by atoms with van der Waals surface area (Å²) in [5, 5.41) is 3.31. The molecule has 9 heteroatoms. The minimum absolute atomic E-state index is 0. The van der Waals surface area contributed by atoms with Crippen LogP contribution in [0.2, 0.25) is 0 Å². The van der Waals surface area contributed by atoms with Gasteiger partial charge in [-0.25, -0.2) is 8.42 Å². The number of hydrogen-bond acceptors (Lipinski definition) is 6. The standard InChI is InChI=1S/C15H22N2O5S.ClH/c1-10-6-13(21-3)15(7-12(10)20-2)23(18,19)17-8-11-14(9-17)22-5-4-16-11;/h6-7,11,14,16H,4-5,8-9H2,1-3H3;1H/t11-,14-;/m0./s1. The molecule has 0 spiro atoms. The molecule has 2 saturated heterocycles. The topological polar surface area (TPSA) is 77.1 Å². The molecule has 0 saturated carbocycles. The Morgan fingerprint density at radius 3 is 2.54 bits per heavy atom. The number of rotatable bonds is 4. The van der Waals surface area contributed by atoms with Crippen molar-refractivity contribution >= 4 is 22.4 Å². The lowest BCUT2D eigenvalue weighted by molar-refractivity contribution is 0.0194. The van der Waals surface area contributed by atoms with Gasteiger partial charge in [-0.2, -0.15) is 4.31 Å². The van der Waals surface area contributed by atoms with E-state index < -0.39 is 10.0 Å². The first kappa shape index (κ1) is 19.3. The van der Waals surface area contributed by atoms with Crippen LogP contribution in [0.15, 0.2) is 17.0 Å². The predicted octanol–water partition coefficient (Wildman–Crippen LogP) is 0.795. The fourth-order valence-electron chi connectivity index (χ4n) is 3.12. The quantitative estimate of drug-likeness (QED) is 0.835. The number of nitrogens with zero attached hydrogens (tertiary/aromatic N) is 1. The second-order valence-corrected chi connectivity index (χ2v) is 7.67. The Labute approximate surface area is 148 Å². The van der Waals surface area contributed by atoms with Crippen LogP contribution in [0.4, 0.5) is 0 Å². The largest absolute Gasteiger partial charge is 0.496 e. The molecule has 0 aliphatic carbocycles. The van der Waals surface area contributed by atoms with E-state index >= 15 is 0 Å². The van der Waals surface area contributed by atoms with Crippen molar-refractivity contribution in [1.29, 1.82) is 0 Å². The number of fused-ring (bicyclic) bond motifs is 1. The second-order valence-electron chi connectivity index (χ2n) is 5.76. The number of benzene rings is 1. The van der Waals surface area contributed by atoms with Gasteiger partial charge in [0.05, 0.1) is 26.9 Å². The molecular formula is C15H23ClN2O5S. The number of aryl methyl sites for hydroxylation is 1. The van der Waals surface area contributed by atoms with Gasteiger partial charge in [-0.05, 0) is 18.6 Å². The summed E-state index contributed by atoms with van der Waals surface area (Å²) in [6, 6.07) is 3.25. The molecule has 0 radical (unpaired) electrons. The van der Waals surface area contributed by atoms with Crippen LogP contribution >= 0.6 is 12.4 Å². The molecule has 0 bridgehead atoms. The third-order valence-electron chi connectivity index (χ3n) is 4.37. The molecule has 1 N–H and O–H groups in total. The average Bonchev–Trinajstić information content (AvgIpc) is 2.99. The molecule has 24 heavy (non-hydrogen) atoms. The van der Waals surface area contributed by atoms with Crippen LogP contribution in [0.3, 0.4) is 0 Å². The number of hydrogen-bond donors (Lipinski definition) is 1. The van der Waals surface area contributed by atoms with Crippen molar-refractivity contribution in [2.75, 3.05) is 40.5 Å². The fourth-order valence-corrected chi connectivity index (χ4v) is 4.75. The van der Waals surface area contributed by atoms with Crippen molar-refractivity contribution in [1.82, 2.24) is 9.62 Å². The number of nitrogens with one attached hydrogen (secondary N) is 1. The summed E-state index contributed by atoms with van der Waals surface area (Å²) in [6.45, 7) is 3.94. The second kappa shape index (κ2) is 7.45. The van der Waals surface area contributed by atoms with Crippen LogP contribution in [0.5, 0.6) is 11.5 Å². The maximum atomic E-state index is 13.0. The molecule has 2 fully saturated rings. The Balaban J connectivity index is 0.00000208. The molecule has 2 heterocycles. The molecule has 2 aliphatic rings. The maximum absolute atomic E-state index is 13.0. The number of methoxy groups -OCH3 is 2. The minimum atomic E-state index is -3.68. The van der Waals surface area contributed by atoms with Crippen LogP contribution in [0.25, 0.3) is 0 Å². The summed E-state index contributed by atoms with van der Waals surface area (Å²) >= 11 is 0. The number of halogens is 1. The van der Waals surface area contributed by atoms with Gasteiger partial charge in [-0.1, -0.05) is 0 Å². The van der Waals surface area contributed by atoms with Crippen molar-refractivity contribution < 1.29 is 22.6 Å². The lowest BCUT2D eigenvalue weighted by atomic mass is 10.2. The first-order valence-electron chi connectivity index (χ1n) is 7.55. The monoisotopic (exact) mass is 378 g/mol. The zero-order valence-corrected chi connectivity index (χ0v) is 15.6.